The van der Waals surface area contributed by atoms with Crippen molar-refractivity contribution >= 4 is 27.5 Å². The fourth-order valence-corrected chi connectivity index (χ4v) is 3.00. The van der Waals surface area contributed by atoms with E-state index in [1.807, 2.05) is 39.0 Å². The molecule has 2 heterocycles. The average molecular weight is 430 g/mol. The number of aryl methyl sites for hydroxylation is 3. The fraction of sp³-hybridized carbons (Fsp3) is 0.263. The third-order valence-corrected chi connectivity index (χ3v) is 4.56. The maximum Gasteiger partial charge on any atom is 0.255 e. The van der Waals surface area contributed by atoms with Crippen LogP contribution in [0.5, 0.6) is 0 Å². The van der Waals surface area contributed by atoms with Crippen LogP contribution in [0.25, 0.3) is 5.95 Å². The van der Waals surface area contributed by atoms with Gasteiger partial charge in [-0.15, -0.1) is 0 Å². The second-order valence-corrected chi connectivity index (χ2v) is 7.14. The summed E-state index contributed by atoms with van der Waals surface area (Å²) < 4.78 is 3.86. The van der Waals surface area contributed by atoms with Gasteiger partial charge < -0.3 is 5.32 Å². The van der Waals surface area contributed by atoms with Crippen molar-refractivity contribution in [3.8, 4) is 5.95 Å². The van der Waals surface area contributed by atoms with Gasteiger partial charge >= 0.3 is 0 Å². The van der Waals surface area contributed by atoms with Crippen LogP contribution in [0.4, 0.5) is 5.69 Å². The molecule has 1 aromatic carbocycles. The quantitative estimate of drug-likeness (QED) is 0.675. The van der Waals surface area contributed by atoms with E-state index in [1.54, 1.807) is 16.8 Å². The first-order valence-corrected chi connectivity index (χ1v) is 9.36. The highest BCUT2D eigenvalue weighted by atomic mass is 79.9. The summed E-state index contributed by atoms with van der Waals surface area (Å²) in [4.78, 5) is 29.7. The number of carbonyl (C=O) groups is 1. The van der Waals surface area contributed by atoms with Gasteiger partial charge in [0.2, 0.25) is 11.9 Å². The zero-order valence-electron chi connectivity index (χ0n) is 15.4. The Bertz CT molecular complexity index is 1040. The van der Waals surface area contributed by atoms with Crippen molar-refractivity contribution in [1.29, 1.82) is 0 Å². The second-order valence-electron chi connectivity index (χ2n) is 6.22. The number of halogens is 1. The Hall–Kier alpha value is -2.74. The van der Waals surface area contributed by atoms with E-state index in [4.69, 9.17) is 0 Å². The lowest BCUT2D eigenvalue weighted by Gasteiger charge is -2.14. The summed E-state index contributed by atoms with van der Waals surface area (Å²) in [6, 6.07) is 10.6. The number of carbonyl (C=O) groups excluding carboxylic acids is 1. The summed E-state index contributed by atoms with van der Waals surface area (Å²) in [5, 5.41) is 7.21. The van der Waals surface area contributed by atoms with Gasteiger partial charge in [-0.2, -0.15) is 5.10 Å². The highest BCUT2D eigenvalue weighted by Gasteiger charge is 2.16. The van der Waals surface area contributed by atoms with E-state index in [0.717, 1.165) is 15.9 Å². The van der Waals surface area contributed by atoms with E-state index >= 15 is 0 Å². The summed E-state index contributed by atoms with van der Waals surface area (Å²) in [5.74, 6) is 0.0316. The Morgan fingerprint density at radius 1 is 1.19 bits per heavy atom. The van der Waals surface area contributed by atoms with Crippen LogP contribution in [0, 0.1) is 13.8 Å². The molecule has 7 nitrogen and oxygen atoms in total. The van der Waals surface area contributed by atoms with Gasteiger partial charge in [-0.1, -0.05) is 22.9 Å². The van der Waals surface area contributed by atoms with Gasteiger partial charge in [0.05, 0.1) is 5.69 Å². The van der Waals surface area contributed by atoms with Crippen molar-refractivity contribution in [3.63, 3.8) is 0 Å². The number of rotatable bonds is 5. The molecule has 1 N–H and O–H groups in total. The molecule has 0 aliphatic carbocycles. The molecule has 0 aliphatic heterocycles. The Kier molecular flexibility index (Phi) is 5.55. The van der Waals surface area contributed by atoms with E-state index < -0.39 is 0 Å². The molecule has 0 saturated heterocycles. The number of nitrogens with zero attached hydrogens (tertiary/aromatic N) is 4. The first kappa shape index (κ1) is 19.0. The molecule has 2 aromatic heterocycles. The van der Waals surface area contributed by atoms with Gasteiger partial charge in [-0.25, -0.2) is 9.67 Å². The number of anilines is 1. The smallest absolute Gasteiger partial charge is 0.255 e. The van der Waals surface area contributed by atoms with Crippen molar-refractivity contribution in [2.75, 3.05) is 5.32 Å². The number of nitrogens with one attached hydrogen (secondary N) is 1. The van der Waals surface area contributed by atoms with Crippen LogP contribution in [0.3, 0.4) is 0 Å². The van der Waals surface area contributed by atoms with E-state index in [9.17, 15) is 9.59 Å². The Morgan fingerprint density at radius 2 is 1.89 bits per heavy atom. The maximum atomic E-state index is 12.6. The summed E-state index contributed by atoms with van der Waals surface area (Å²) in [6.45, 7) is 5.53. The average Bonchev–Trinajstić information content (AvgIpc) is 2.96. The van der Waals surface area contributed by atoms with Gasteiger partial charge in [0.15, 0.2) is 0 Å². The number of aromatic nitrogens is 4. The Morgan fingerprint density at radius 3 is 2.48 bits per heavy atom. The number of amides is 1. The minimum atomic E-state index is -0.312. The molecule has 3 aromatic rings. The normalized spacial score (nSPS) is 10.8. The van der Waals surface area contributed by atoms with Gasteiger partial charge in [-0.3, -0.25) is 14.2 Å². The lowest BCUT2D eigenvalue weighted by molar-refractivity contribution is -0.116. The molecule has 3 rings (SSSR count). The standard InChI is InChI=1S/C19H20BrN5O2/c1-4-15-10-18(27)24(19(22-15)25-13(3)9-12(2)23-25)11-17(26)21-16-7-5-14(20)6-8-16/h5-10H,4,11H2,1-3H3,(H,21,26). The molecule has 0 atom stereocenters. The molecule has 27 heavy (non-hydrogen) atoms. The van der Waals surface area contributed by atoms with Crippen LogP contribution in [0.15, 0.2) is 45.7 Å². The molecule has 0 bridgehead atoms. The third kappa shape index (κ3) is 4.33. The molecule has 0 aliphatic rings. The fourth-order valence-electron chi connectivity index (χ4n) is 2.74. The molecule has 8 heteroatoms. The first-order chi connectivity index (χ1) is 12.9. The molecule has 0 unspecified atom stereocenters. The van der Waals surface area contributed by atoms with E-state index in [-0.39, 0.29) is 18.0 Å². The molecule has 0 spiro atoms. The SMILES string of the molecule is CCc1cc(=O)n(CC(=O)Nc2ccc(Br)cc2)c(-n2nc(C)cc2C)n1. The Labute approximate surface area is 165 Å². The molecule has 0 fully saturated rings. The highest BCUT2D eigenvalue weighted by Crippen LogP contribution is 2.14. The molecular weight excluding hydrogens is 410 g/mol. The minimum Gasteiger partial charge on any atom is -0.325 e. The zero-order valence-corrected chi connectivity index (χ0v) is 16.9. The summed E-state index contributed by atoms with van der Waals surface area (Å²) in [7, 11) is 0. The second kappa shape index (κ2) is 7.87. The minimum absolute atomic E-state index is 0.153. The molecule has 0 radical (unpaired) electrons. The number of hydrogen-bond acceptors (Lipinski definition) is 4. The van der Waals surface area contributed by atoms with Crippen LogP contribution in [-0.4, -0.2) is 25.2 Å². The highest BCUT2D eigenvalue weighted by molar-refractivity contribution is 9.10. The van der Waals surface area contributed by atoms with Gasteiger partial charge in [0.25, 0.3) is 5.56 Å². The van der Waals surface area contributed by atoms with Gasteiger partial charge in [-0.05, 0) is 50.6 Å². The lowest BCUT2D eigenvalue weighted by atomic mass is 10.3. The van der Waals surface area contributed by atoms with Gasteiger partial charge in [0.1, 0.15) is 6.54 Å². The van der Waals surface area contributed by atoms with Crippen molar-refractivity contribution in [2.45, 2.75) is 33.7 Å². The largest absolute Gasteiger partial charge is 0.325 e. The monoisotopic (exact) mass is 429 g/mol. The Balaban J connectivity index is 1.96. The zero-order chi connectivity index (χ0) is 19.6. The van der Waals surface area contributed by atoms with E-state index in [1.165, 1.54) is 10.6 Å². The molecule has 140 valence electrons. The van der Waals surface area contributed by atoms with Crippen LogP contribution in [-0.2, 0) is 17.8 Å². The van der Waals surface area contributed by atoms with Crippen LogP contribution in [0.2, 0.25) is 0 Å². The first-order valence-electron chi connectivity index (χ1n) is 8.57. The van der Waals surface area contributed by atoms with Crippen molar-refractivity contribution in [1.82, 2.24) is 19.3 Å². The topological polar surface area (TPSA) is 81.8 Å². The molecule has 0 saturated carbocycles. The summed E-state index contributed by atoms with van der Waals surface area (Å²) >= 11 is 3.36. The predicted molar refractivity (Wildman–Crippen MR) is 107 cm³/mol. The van der Waals surface area contributed by atoms with Crippen LogP contribution >= 0.6 is 15.9 Å². The summed E-state index contributed by atoms with van der Waals surface area (Å²) in [6.07, 6.45) is 0.619. The van der Waals surface area contributed by atoms with Crippen molar-refractivity contribution in [3.05, 3.63) is 68.3 Å². The molecular formula is C19H20BrN5O2. The van der Waals surface area contributed by atoms with Gasteiger partial charge in [0, 0.05) is 27.6 Å². The third-order valence-electron chi connectivity index (χ3n) is 4.03. The maximum absolute atomic E-state index is 12.6. The van der Waals surface area contributed by atoms with Crippen molar-refractivity contribution < 1.29 is 4.79 Å². The number of hydrogen-bond donors (Lipinski definition) is 1. The number of benzene rings is 1. The van der Waals surface area contributed by atoms with Crippen LogP contribution < -0.4 is 10.9 Å². The van der Waals surface area contributed by atoms with Crippen molar-refractivity contribution in [2.24, 2.45) is 0 Å². The van der Waals surface area contributed by atoms with E-state index in [2.05, 4.69) is 31.3 Å². The van der Waals surface area contributed by atoms with Crippen LogP contribution in [0.1, 0.15) is 24.0 Å². The summed E-state index contributed by atoms with van der Waals surface area (Å²) in [5.41, 5.74) is 2.69. The predicted octanol–water partition coefficient (Wildman–Crippen LogP) is 3.01. The van der Waals surface area contributed by atoms with E-state index in [0.29, 0.717) is 23.8 Å². The molecule has 1 amide bonds. The lowest BCUT2D eigenvalue weighted by Crippen LogP contribution is -2.32.